The quantitative estimate of drug-likeness (QED) is 0.404. The summed E-state index contributed by atoms with van der Waals surface area (Å²) in [5, 5.41) is 6.99. The number of nitrogens with zero attached hydrogens (tertiary/aromatic N) is 2. The minimum Gasteiger partial charge on any atom is -0.491 e. The number of hydrogen-bond acceptors (Lipinski definition) is 6. The van der Waals surface area contributed by atoms with Crippen molar-refractivity contribution < 1.29 is 19.0 Å². The fourth-order valence-corrected chi connectivity index (χ4v) is 4.23. The first-order chi connectivity index (χ1) is 16.4. The molecule has 1 fully saturated rings. The second-order valence-electron chi connectivity index (χ2n) is 7.91. The van der Waals surface area contributed by atoms with Crippen molar-refractivity contribution in [3.05, 3.63) is 76.8 Å². The van der Waals surface area contributed by atoms with Crippen molar-refractivity contribution in [2.45, 2.75) is 25.4 Å². The number of benzene rings is 2. The lowest BCUT2D eigenvalue weighted by Crippen LogP contribution is -2.34. The standard InChI is InChI=1S/C24H26Cl2N4O4/c1-17(31)28-8-9-29-19-3-5-20(6-4-19)32-13-21-14-33-24(34-21,15-30-11-10-27-16-30)22-7-2-18(25)12-23(22)26/h2-7,10-12,16,21,29H,8-9,13-15H2,1H3,(H,28,31)/t21-,24-/m0/s1. The van der Waals surface area contributed by atoms with Gasteiger partial charge >= 0.3 is 0 Å². The Morgan fingerprint density at radius 2 is 2.06 bits per heavy atom. The third-order valence-corrected chi connectivity index (χ3v) is 5.82. The Bertz CT molecular complexity index is 1090. The van der Waals surface area contributed by atoms with Crippen LogP contribution in [0.4, 0.5) is 5.69 Å². The number of ether oxygens (including phenoxy) is 3. The molecule has 0 spiro atoms. The third-order valence-electron chi connectivity index (χ3n) is 5.27. The molecule has 2 N–H and O–H groups in total. The van der Waals surface area contributed by atoms with Crippen LogP contribution in [0, 0.1) is 0 Å². The van der Waals surface area contributed by atoms with Crippen LogP contribution in [0.5, 0.6) is 5.75 Å². The second-order valence-corrected chi connectivity index (χ2v) is 8.75. The molecule has 8 nitrogen and oxygen atoms in total. The molecule has 0 radical (unpaired) electrons. The van der Waals surface area contributed by atoms with Gasteiger partial charge in [-0.05, 0) is 36.4 Å². The Balaban J connectivity index is 1.37. The predicted octanol–water partition coefficient (Wildman–Crippen LogP) is 4.09. The van der Waals surface area contributed by atoms with E-state index in [9.17, 15) is 4.79 Å². The maximum Gasteiger partial charge on any atom is 0.216 e. The van der Waals surface area contributed by atoms with Crippen molar-refractivity contribution in [3.63, 3.8) is 0 Å². The summed E-state index contributed by atoms with van der Waals surface area (Å²) in [6.45, 7) is 3.73. The topological polar surface area (TPSA) is 86.6 Å². The Hall–Kier alpha value is -2.78. The zero-order chi connectivity index (χ0) is 24.0. The van der Waals surface area contributed by atoms with Crippen molar-refractivity contribution in [2.75, 3.05) is 31.6 Å². The SMILES string of the molecule is CC(=O)NCCNc1ccc(OC[C@H]2CO[C@](Cn3ccnc3)(c3ccc(Cl)cc3Cl)O2)cc1. The van der Waals surface area contributed by atoms with Gasteiger partial charge in [0.05, 0.1) is 24.5 Å². The van der Waals surface area contributed by atoms with E-state index in [4.69, 9.17) is 37.4 Å². The summed E-state index contributed by atoms with van der Waals surface area (Å²) in [5.41, 5.74) is 1.64. The molecule has 2 heterocycles. The van der Waals surface area contributed by atoms with Gasteiger partial charge in [-0.3, -0.25) is 4.79 Å². The first kappa shape index (κ1) is 24.3. The molecule has 1 saturated heterocycles. The molecule has 3 aromatic rings. The summed E-state index contributed by atoms with van der Waals surface area (Å²) < 4.78 is 20.4. The lowest BCUT2D eigenvalue weighted by Gasteiger charge is -2.30. The van der Waals surface area contributed by atoms with Gasteiger partial charge in [0.25, 0.3) is 0 Å². The number of rotatable bonds is 10. The summed E-state index contributed by atoms with van der Waals surface area (Å²) in [6, 6.07) is 12.9. The van der Waals surface area contributed by atoms with Gasteiger partial charge < -0.3 is 29.4 Å². The summed E-state index contributed by atoms with van der Waals surface area (Å²) >= 11 is 12.6. The fourth-order valence-electron chi connectivity index (χ4n) is 3.68. The molecule has 0 bridgehead atoms. The Kier molecular flexibility index (Phi) is 7.95. The van der Waals surface area contributed by atoms with Crippen LogP contribution in [0.2, 0.25) is 10.0 Å². The van der Waals surface area contributed by atoms with Gasteiger partial charge in [-0.25, -0.2) is 4.98 Å². The van der Waals surface area contributed by atoms with Crippen molar-refractivity contribution in [1.29, 1.82) is 0 Å². The molecule has 10 heteroatoms. The molecule has 1 amide bonds. The predicted molar refractivity (Wildman–Crippen MR) is 130 cm³/mol. The molecule has 1 aromatic heterocycles. The highest BCUT2D eigenvalue weighted by Crippen LogP contribution is 2.40. The van der Waals surface area contributed by atoms with Gasteiger partial charge in [-0.1, -0.05) is 29.3 Å². The van der Waals surface area contributed by atoms with Crippen LogP contribution in [0.25, 0.3) is 0 Å². The molecule has 0 saturated carbocycles. The molecule has 180 valence electrons. The van der Waals surface area contributed by atoms with Crippen molar-refractivity contribution in [2.24, 2.45) is 0 Å². The Morgan fingerprint density at radius 3 is 2.76 bits per heavy atom. The van der Waals surface area contributed by atoms with E-state index >= 15 is 0 Å². The minimum absolute atomic E-state index is 0.0453. The zero-order valence-electron chi connectivity index (χ0n) is 18.7. The van der Waals surface area contributed by atoms with Gasteiger partial charge in [-0.2, -0.15) is 0 Å². The van der Waals surface area contributed by atoms with Crippen molar-refractivity contribution in [1.82, 2.24) is 14.9 Å². The largest absolute Gasteiger partial charge is 0.491 e. The molecule has 4 rings (SSSR count). The fraction of sp³-hybridized carbons (Fsp3) is 0.333. The van der Waals surface area contributed by atoms with Gasteiger partial charge in [0.2, 0.25) is 11.7 Å². The highest BCUT2D eigenvalue weighted by molar-refractivity contribution is 6.35. The lowest BCUT2D eigenvalue weighted by molar-refractivity contribution is -0.189. The number of amides is 1. The van der Waals surface area contributed by atoms with Crippen LogP contribution in [0.1, 0.15) is 12.5 Å². The molecule has 34 heavy (non-hydrogen) atoms. The van der Waals surface area contributed by atoms with Crippen LogP contribution in [-0.2, 0) is 26.6 Å². The molecular formula is C24H26Cl2N4O4. The van der Waals surface area contributed by atoms with E-state index in [0.717, 1.165) is 5.69 Å². The second kappa shape index (κ2) is 11.1. The normalized spacial score (nSPS) is 19.7. The zero-order valence-corrected chi connectivity index (χ0v) is 20.2. The molecule has 1 aliphatic heterocycles. The lowest BCUT2D eigenvalue weighted by atomic mass is 10.1. The highest BCUT2D eigenvalue weighted by Gasteiger charge is 2.45. The summed E-state index contributed by atoms with van der Waals surface area (Å²) in [5.74, 6) is -0.415. The average molecular weight is 505 g/mol. The van der Waals surface area contributed by atoms with E-state index < -0.39 is 5.79 Å². The van der Waals surface area contributed by atoms with E-state index in [1.807, 2.05) is 41.1 Å². The molecule has 1 aliphatic rings. The minimum atomic E-state index is -1.09. The van der Waals surface area contributed by atoms with Crippen LogP contribution < -0.4 is 15.4 Å². The monoisotopic (exact) mass is 504 g/mol. The number of nitrogens with one attached hydrogen (secondary N) is 2. The van der Waals surface area contributed by atoms with Gasteiger partial charge in [-0.15, -0.1) is 0 Å². The number of aromatic nitrogens is 2. The number of hydrogen-bond donors (Lipinski definition) is 2. The average Bonchev–Trinajstić information content (AvgIpc) is 3.47. The number of anilines is 1. The maximum atomic E-state index is 10.9. The molecule has 2 atom stereocenters. The van der Waals surface area contributed by atoms with E-state index in [-0.39, 0.29) is 12.0 Å². The van der Waals surface area contributed by atoms with E-state index in [1.54, 1.807) is 24.7 Å². The van der Waals surface area contributed by atoms with Crippen molar-refractivity contribution in [3.8, 4) is 5.75 Å². The van der Waals surface area contributed by atoms with Crippen LogP contribution in [-0.4, -0.2) is 47.9 Å². The smallest absolute Gasteiger partial charge is 0.216 e. The Labute approximate surface area is 208 Å². The summed E-state index contributed by atoms with van der Waals surface area (Å²) in [7, 11) is 0. The van der Waals surface area contributed by atoms with Gasteiger partial charge in [0.1, 0.15) is 18.5 Å². The first-order valence-electron chi connectivity index (χ1n) is 10.9. The van der Waals surface area contributed by atoms with Gasteiger partial charge in [0, 0.05) is 48.7 Å². The maximum absolute atomic E-state index is 10.9. The molecule has 2 aromatic carbocycles. The number of halogens is 2. The number of carbonyl (C=O) groups is 1. The number of carbonyl (C=O) groups excluding carboxylic acids is 1. The van der Waals surface area contributed by atoms with Crippen molar-refractivity contribution >= 4 is 34.8 Å². The molecule has 0 unspecified atom stereocenters. The van der Waals surface area contributed by atoms with E-state index in [0.29, 0.717) is 54.2 Å². The van der Waals surface area contributed by atoms with E-state index in [2.05, 4.69) is 15.6 Å². The number of imidazole rings is 1. The first-order valence-corrected chi connectivity index (χ1v) is 11.6. The third kappa shape index (κ3) is 6.21. The molecule has 0 aliphatic carbocycles. The summed E-state index contributed by atoms with van der Waals surface area (Å²) in [6.07, 6.45) is 4.94. The van der Waals surface area contributed by atoms with E-state index in [1.165, 1.54) is 6.92 Å². The Morgan fingerprint density at radius 1 is 1.24 bits per heavy atom. The van der Waals surface area contributed by atoms with Crippen LogP contribution >= 0.6 is 23.2 Å². The van der Waals surface area contributed by atoms with Gasteiger partial charge in [0.15, 0.2) is 0 Å². The highest BCUT2D eigenvalue weighted by atomic mass is 35.5. The molecular weight excluding hydrogens is 479 g/mol. The van der Waals surface area contributed by atoms with Crippen LogP contribution in [0.15, 0.2) is 61.2 Å². The summed E-state index contributed by atoms with van der Waals surface area (Å²) in [4.78, 5) is 15.0. The van der Waals surface area contributed by atoms with Crippen LogP contribution in [0.3, 0.4) is 0 Å².